The summed E-state index contributed by atoms with van der Waals surface area (Å²) in [5.74, 6) is 2.24. The average Bonchev–Trinajstić information content (AvgIpc) is 2.93. The molecule has 0 bridgehead atoms. The minimum absolute atomic E-state index is 0.706. The third-order valence-electron chi connectivity index (χ3n) is 3.14. The van der Waals surface area contributed by atoms with E-state index in [1.165, 1.54) is 11.9 Å². The molecular formula is C14H15N5O. The number of anilines is 3. The largest absolute Gasteiger partial charge is 0.495 e. The molecule has 2 aromatic rings. The summed E-state index contributed by atoms with van der Waals surface area (Å²) in [6.45, 7) is 0.712. The molecular weight excluding hydrogens is 254 g/mol. The third-order valence-corrected chi connectivity index (χ3v) is 3.14. The number of hydrogen-bond donors (Lipinski definition) is 2. The van der Waals surface area contributed by atoms with Crippen molar-refractivity contribution in [3.63, 3.8) is 0 Å². The number of fused-ring (bicyclic) bond motifs is 1. The number of hydrogen-bond acceptors (Lipinski definition) is 6. The van der Waals surface area contributed by atoms with Crippen LogP contribution in [0.1, 0.15) is 11.1 Å². The van der Waals surface area contributed by atoms with E-state index in [4.69, 9.17) is 4.74 Å². The number of rotatable bonds is 4. The molecule has 102 valence electrons. The van der Waals surface area contributed by atoms with Gasteiger partial charge < -0.3 is 15.4 Å². The minimum atomic E-state index is 0.706. The number of nitrogens with zero attached hydrogens (tertiary/aromatic N) is 3. The van der Waals surface area contributed by atoms with Crippen molar-refractivity contribution in [2.75, 3.05) is 24.8 Å². The van der Waals surface area contributed by atoms with Gasteiger partial charge in [-0.25, -0.2) is 9.97 Å². The third kappa shape index (κ3) is 2.27. The summed E-state index contributed by atoms with van der Waals surface area (Å²) in [7, 11) is 3.47. The van der Waals surface area contributed by atoms with Gasteiger partial charge in [0.1, 0.15) is 23.7 Å². The Morgan fingerprint density at radius 2 is 2.00 bits per heavy atom. The van der Waals surface area contributed by atoms with Gasteiger partial charge in [0.05, 0.1) is 19.3 Å². The van der Waals surface area contributed by atoms with Crippen LogP contribution in [-0.4, -0.2) is 30.3 Å². The summed E-state index contributed by atoms with van der Waals surface area (Å²) in [6, 6.07) is 5.86. The van der Waals surface area contributed by atoms with Gasteiger partial charge >= 0.3 is 0 Å². The lowest BCUT2D eigenvalue weighted by Crippen LogP contribution is -2.01. The van der Waals surface area contributed by atoms with Crippen molar-refractivity contribution in [3.05, 3.63) is 35.7 Å². The van der Waals surface area contributed by atoms with E-state index in [9.17, 15) is 0 Å². The predicted octanol–water partition coefficient (Wildman–Crippen LogP) is 2.20. The maximum absolute atomic E-state index is 5.42. The minimum Gasteiger partial charge on any atom is -0.495 e. The van der Waals surface area contributed by atoms with Gasteiger partial charge in [0.2, 0.25) is 0 Å². The topological polar surface area (TPSA) is 71.4 Å². The van der Waals surface area contributed by atoms with Crippen molar-refractivity contribution in [3.8, 4) is 5.75 Å². The molecule has 0 aliphatic carbocycles. The van der Waals surface area contributed by atoms with Crippen molar-refractivity contribution in [1.82, 2.24) is 9.97 Å². The van der Waals surface area contributed by atoms with Crippen LogP contribution < -0.4 is 15.4 Å². The Hall–Kier alpha value is -2.63. The predicted molar refractivity (Wildman–Crippen MR) is 79.2 cm³/mol. The van der Waals surface area contributed by atoms with Crippen LogP contribution in [-0.2, 0) is 6.54 Å². The van der Waals surface area contributed by atoms with E-state index in [0.717, 1.165) is 22.8 Å². The van der Waals surface area contributed by atoms with E-state index in [1.807, 2.05) is 31.5 Å². The Morgan fingerprint density at radius 1 is 1.15 bits per heavy atom. The smallest absolute Gasteiger partial charge is 0.142 e. The van der Waals surface area contributed by atoms with Crippen molar-refractivity contribution in [2.24, 2.45) is 4.99 Å². The highest BCUT2D eigenvalue weighted by molar-refractivity contribution is 5.88. The maximum Gasteiger partial charge on any atom is 0.142 e. The van der Waals surface area contributed by atoms with Gasteiger partial charge in [-0.05, 0) is 23.3 Å². The zero-order valence-corrected chi connectivity index (χ0v) is 11.3. The molecule has 6 nitrogen and oxygen atoms in total. The first kappa shape index (κ1) is 12.4. The number of methoxy groups -OCH3 is 1. The van der Waals surface area contributed by atoms with Crippen molar-refractivity contribution >= 4 is 23.5 Å². The molecule has 2 N–H and O–H groups in total. The Balaban J connectivity index is 1.95. The van der Waals surface area contributed by atoms with Crippen LogP contribution in [0.25, 0.3) is 0 Å². The van der Waals surface area contributed by atoms with E-state index < -0.39 is 0 Å². The fourth-order valence-corrected chi connectivity index (χ4v) is 2.11. The molecule has 0 spiro atoms. The second-order valence-corrected chi connectivity index (χ2v) is 4.38. The van der Waals surface area contributed by atoms with Gasteiger partial charge in [0, 0.05) is 19.3 Å². The Labute approximate surface area is 116 Å². The van der Waals surface area contributed by atoms with Gasteiger partial charge in [-0.15, -0.1) is 0 Å². The molecule has 0 atom stereocenters. The van der Waals surface area contributed by atoms with Crippen LogP contribution in [0.15, 0.2) is 29.5 Å². The van der Waals surface area contributed by atoms with E-state index in [2.05, 4.69) is 25.6 Å². The molecule has 2 heterocycles. The monoisotopic (exact) mass is 269 g/mol. The Kier molecular flexibility index (Phi) is 3.20. The molecule has 0 amide bonds. The summed E-state index contributed by atoms with van der Waals surface area (Å²) in [4.78, 5) is 12.5. The molecule has 20 heavy (non-hydrogen) atoms. The SMILES string of the molecule is CNc1cc(Nc2cc3c(cc2OC)CN=C3)ncn1. The van der Waals surface area contributed by atoms with Crippen molar-refractivity contribution < 1.29 is 4.74 Å². The number of nitrogens with one attached hydrogen (secondary N) is 2. The highest BCUT2D eigenvalue weighted by atomic mass is 16.5. The molecule has 1 aromatic carbocycles. The first-order chi connectivity index (χ1) is 9.80. The summed E-state index contributed by atoms with van der Waals surface area (Å²) in [5.41, 5.74) is 3.14. The fraction of sp³-hybridized carbons (Fsp3) is 0.214. The lowest BCUT2D eigenvalue weighted by Gasteiger charge is -2.13. The molecule has 0 saturated heterocycles. The lowest BCUT2D eigenvalue weighted by atomic mass is 10.1. The van der Waals surface area contributed by atoms with Crippen LogP contribution in [0.3, 0.4) is 0 Å². The number of aromatic nitrogens is 2. The van der Waals surface area contributed by atoms with Crippen molar-refractivity contribution in [2.45, 2.75) is 6.54 Å². The number of benzene rings is 1. The van der Waals surface area contributed by atoms with Gasteiger partial charge in [-0.1, -0.05) is 0 Å². The molecule has 1 aliphatic rings. The summed E-state index contributed by atoms with van der Waals surface area (Å²) in [6.07, 6.45) is 3.38. The number of ether oxygens (including phenoxy) is 1. The van der Waals surface area contributed by atoms with Gasteiger partial charge in [-0.3, -0.25) is 4.99 Å². The quantitative estimate of drug-likeness (QED) is 0.890. The molecule has 0 unspecified atom stereocenters. The molecule has 3 rings (SSSR count). The highest BCUT2D eigenvalue weighted by Crippen LogP contribution is 2.32. The standard InChI is InChI=1S/C14H15N5O/c1-15-13-5-14(18-8-17-13)19-11-3-9-6-16-7-10(9)4-12(11)20-2/h3-6,8H,7H2,1-2H3,(H2,15,17,18,19). The van der Waals surface area contributed by atoms with Crippen LogP contribution in [0.5, 0.6) is 5.75 Å². The van der Waals surface area contributed by atoms with E-state index in [-0.39, 0.29) is 0 Å². The zero-order chi connectivity index (χ0) is 13.9. The average molecular weight is 269 g/mol. The summed E-state index contributed by atoms with van der Waals surface area (Å²) >= 11 is 0. The van der Waals surface area contributed by atoms with Crippen molar-refractivity contribution in [1.29, 1.82) is 0 Å². The second-order valence-electron chi connectivity index (χ2n) is 4.38. The molecule has 0 fully saturated rings. The normalized spacial score (nSPS) is 12.1. The number of aliphatic imine (C=N–C) groups is 1. The zero-order valence-electron chi connectivity index (χ0n) is 11.3. The molecule has 1 aromatic heterocycles. The highest BCUT2D eigenvalue weighted by Gasteiger charge is 2.13. The van der Waals surface area contributed by atoms with E-state index >= 15 is 0 Å². The van der Waals surface area contributed by atoms with E-state index in [0.29, 0.717) is 12.4 Å². The van der Waals surface area contributed by atoms with Crippen LogP contribution in [0.2, 0.25) is 0 Å². The Bertz CT molecular complexity index is 669. The Morgan fingerprint density at radius 3 is 2.80 bits per heavy atom. The molecule has 6 heteroatoms. The second kappa shape index (κ2) is 5.16. The molecule has 0 saturated carbocycles. The summed E-state index contributed by atoms with van der Waals surface area (Å²) < 4.78 is 5.42. The fourth-order valence-electron chi connectivity index (χ4n) is 2.11. The van der Waals surface area contributed by atoms with E-state index in [1.54, 1.807) is 7.11 Å². The van der Waals surface area contributed by atoms with Crippen LogP contribution in [0, 0.1) is 0 Å². The van der Waals surface area contributed by atoms with Crippen LogP contribution in [0.4, 0.5) is 17.3 Å². The maximum atomic E-state index is 5.42. The molecule has 0 radical (unpaired) electrons. The van der Waals surface area contributed by atoms with Crippen LogP contribution >= 0.6 is 0 Å². The first-order valence-electron chi connectivity index (χ1n) is 6.27. The lowest BCUT2D eigenvalue weighted by molar-refractivity contribution is 0.416. The van der Waals surface area contributed by atoms with Gasteiger partial charge in [0.25, 0.3) is 0 Å². The first-order valence-corrected chi connectivity index (χ1v) is 6.27. The van der Waals surface area contributed by atoms with Gasteiger partial charge in [0.15, 0.2) is 0 Å². The molecule has 1 aliphatic heterocycles. The summed E-state index contributed by atoms with van der Waals surface area (Å²) in [5, 5.41) is 6.23. The van der Waals surface area contributed by atoms with Gasteiger partial charge in [-0.2, -0.15) is 0 Å².